The van der Waals surface area contributed by atoms with E-state index in [4.69, 9.17) is 17.4 Å². The molecule has 0 fully saturated rings. The second-order valence-corrected chi connectivity index (χ2v) is 4.76. The summed E-state index contributed by atoms with van der Waals surface area (Å²) in [5.41, 5.74) is 5.90. The number of nitrogens with zero attached hydrogens (tertiary/aromatic N) is 2. The lowest BCUT2D eigenvalue weighted by Crippen LogP contribution is -2.30. The third-order valence-electron chi connectivity index (χ3n) is 3.20. The lowest BCUT2D eigenvalue weighted by Gasteiger charge is -2.18. The van der Waals surface area contributed by atoms with Gasteiger partial charge in [0.05, 0.1) is 17.4 Å². The number of hydrogen-bond acceptors (Lipinski definition) is 3. The largest absolute Gasteiger partial charge is 0.271 e. The highest BCUT2D eigenvalue weighted by Crippen LogP contribution is 2.28. The molecule has 19 heavy (non-hydrogen) atoms. The summed E-state index contributed by atoms with van der Waals surface area (Å²) in [6, 6.07) is 9.64. The van der Waals surface area contributed by atoms with E-state index in [9.17, 15) is 0 Å². The van der Waals surface area contributed by atoms with E-state index in [1.807, 2.05) is 28.9 Å². The Hall–Kier alpha value is -1.36. The summed E-state index contributed by atoms with van der Waals surface area (Å²) in [6.45, 7) is 4.96. The molecule has 0 saturated carbocycles. The minimum atomic E-state index is -0.151. The van der Waals surface area contributed by atoms with E-state index in [0.717, 1.165) is 29.9 Å². The van der Waals surface area contributed by atoms with Crippen LogP contribution in [0, 0.1) is 0 Å². The van der Waals surface area contributed by atoms with Crippen molar-refractivity contribution in [3.63, 3.8) is 0 Å². The fraction of sp³-hybridized carbons (Fsp3) is 0.357. The topological polar surface area (TPSA) is 55.9 Å². The Morgan fingerprint density at radius 2 is 2.11 bits per heavy atom. The molecule has 0 aliphatic carbocycles. The summed E-state index contributed by atoms with van der Waals surface area (Å²) in [6.07, 6.45) is 0.903. The van der Waals surface area contributed by atoms with Gasteiger partial charge >= 0.3 is 0 Å². The van der Waals surface area contributed by atoms with Crippen LogP contribution in [0.15, 0.2) is 30.3 Å². The van der Waals surface area contributed by atoms with Crippen molar-refractivity contribution >= 4 is 11.6 Å². The highest BCUT2D eigenvalue weighted by molar-refractivity contribution is 6.31. The van der Waals surface area contributed by atoms with Crippen molar-refractivity contribution in [2.45, 2.75) is 32.9 Å². The first-order valence-corrected chi connectivity index (χ1v) is 6.86. The predicted octanol–water partition coefficient (Wildman–Crippen LogP) is 2.67. The molecule has 1 heterocycles. The van der Waals surface area contributed by atoms with Crippen LogP contribution in [0.2, 0.25) is 5.02 Å². The Morgan fingerprint density at radius 3 is 2.68 bits per heavy atom. The van der Waals surface area contributed by atoms with Crippen molar-refractivity contribution < 1.29 is 0 Å². The van der Waals surface area contributed by atoms with E-state index in [0.29, 0.717) is 5.02 Å². The van der Waals surface area contributed by atoms with Crippen LogP contribution in [0.3, 0.4) is 0 Å². The molecular formula is C14H19ClN4. The quantitative estimate of drug-likeness (QED) is 0.653. The maximum Gasteiger partial charge on any atom is 0.0892 e. The second kappa shape index (κ2) is 6.19. The number of rotatable bonds is 5. The lowest BCUT2D eigenvalue weighted by atomic mass is 10.0. The normalized spacial score (nSPS) is 12.6. The molecule has 0 spiro atoms. The average Bonchev–Trinajstić information content (AvgIpc) is 2.85. The molecule has 3 N–H and O–H groups in total. The summed E-state index contributed by atoms with van der Waals surface area (Å²) in [4.78, 5) is 0. The molecule has 4 nitrogen and oxygen atoms in total. The first-order chi connectivity index (χ1) is 9.21. The fourth-order valence-corrected chi connectivity index (χ4v) is 2.43. The number of aromatic nitrogens is 2. The molecule has 1 aromatic carbocycles. The summed E-state index contributed by atoms with van der Waals surface area (Å²) in [7, 11) is 0. The smallest absolute Gasteiger partial charge is 0.0892 e. The first kappa shape index (κ1) is 14.1. The molecule has 2 rings (SSSR count). The Morgan fingerprint density at radius 1 is 1.37 bits per heavy atom. The molecule has 0 radical (unpaired) electrons. The van der Waals surface area contributed by atoms with Crippen LogP contribution < -0.4 is 11.3 Å². The summed E-state index contributed by atoms with van der Waals surface area (Å²) < 4.78 is 1.96. The second-order valence-electron chi connectivity index (χ2n) is 4.35. The minimum Gasteiger partial charge on any atom is -0.271 e. The summed E-state index contributed by atoms with van der Waals surface area (Å²) >= 11 is 6.26. The Balaban J connectivity index is 2.47. The van der Waals surface area contributed by atoms with E-state index in [-0.39, 0.29) is 6.04 Å². The Labute approximate surface area is 118 Å². The van der Waals surface area contributed by atoms with Crippen LogP contribution in [0.4, 0.5) is 0 Å². The van der Waals surface area contributed by atoms with Crippen LogP contribution >= 0.6 is 11.6 Å². The van der Waals surface area contributed by atoms with Crippen molar-refractivity contribution in [1.82, 2.24) is 15.2 Å². The molecule has 0 amide bonds. The molecule has 1 aromatic heterocycles. The lowest BCUT2D eigenvalue weighted by molar-refractivity contribution is 0.541. The molecular weight excluding hydrogens is 260 g/mol. The van der Waals surface area contributed by atoms with Crippen molar-refractivity contribution in [2.24, 2.45) is 5.84 Å². The van der Waals surface area contributed by atoms with E-state index in [1.165, 1.54) is 0 Å². The van der Waals surface area contributed by atoms with Crippen LogP contribution in [-0.2, 0) is 13.0 Å². The van der Waals surface area contributed by atoms with Gasteiger partial charge in [0.15, 0.2) is 0 Å². The van der Waals surface area contributed by atoms with Gasteiger partial charge in [-0.05, 0) is 31.0 Å². The highest BCUT2D eigenvalue weighted by Gasteiger charge is 2.20. The molecule has 102 valence electrons. The van der Waals surface area contributed by atoms with Gasteiger partial charge in [-0.2, -0.15) is 5.10 Å². The number of halogens is 1. The van der Waals surface area contributed by atoms with Crippen LogP contribution in [0.5, 0.6) is 0 Å². The van der Waals surface area contributed by atoms with E-state index in [2.05, 4.69) is 30.4 Å². The molecule has 0 aliphatic heterocycles. The van der Waals surface area contributed by atoms with Crippen molar-refractivity contribution in [3.05, 3.63) is 52.3 Å². The zero-order valence-corrected chi connectivity index (χ0v) is 12.0. The van der Waals surface area contributed by atoms with Crippen LogP contribution in [0.25, 0.3) is 0 Å². The van der Waals surface area contributed by atoms with E-state index < -0.39 is 0 Å². The minimum absolute atomic E-state index is 0.151. The first-order valence-electron chi connectivity index (χ1n) is 6.48. The third-order valence-corrected chi connectivity index (χ3v) is 3.55. The zero-order valence-electron chi connectivity index (χ0n) is 11.2. The number of aryl methyl sites for hydroxylation is 2. The van der Waals surface area contributed by atoms with Crippen molar-refractivity contribution in [1.29, 1.82) is 0 Å². The van der Waals surface area contributed by atoms with Gasteiger partial charge < -0.3 is 0 Å². The van der Waals surface area contributed by atoms with E-state index >= 15 is 0 Å². The number of nitrogens with one attached hydrogen (secondary N) is 1. The maximum atomic E-state index is 6.26. The Kier molecular flexibility index (Phi) is 4.58. The highest BCUT2D eigenvalue weighted by atomic mass is 35.5. The van der Waals surface area contributed by atoms with Gasteiger partial charge in [0, 0.05) is 11.6 Å². The van der Waals surface area contributed by atoms with Gasteiger partial charge in [-0.3, -0.25) is 10.5 Å². The van der Waals surface area contributed by atoms with Gasteiger partial charge in [0.1, 0.15) is 0 Å². The zero-order chi connectivity index (χ0) is 13.8. The SMILES string of the molecule is CCc1cc(C(NN)c2ccccc2Cl)n(CC)n1. The summed E-state index contributed by atoms with van der Waals surface area (Å²) in [5.74, 6) is 5.73. The van der Waals surface area contributed by atoms with Gasteiger partial charge in [0.25, 0.3) is 0 Å². The molecule has 5 heteroatoms. The standard InChI is InChI=1S/C14H19ClN4/c1-3-10-9-13(19(4-2)18-10)14(17-16)11-7-5-6-8-12(11)15/h5-9,14,17H,3-4,16H2,1-2H3. The number of nitrogens with two attached hydrogens (primary N) is 1. The van der Waals surface area contributed by atoms with E-state index in [1.54, 1.807) is 0 Å². The molecule has 0 aliphatic rings. The number of hydrogen-bond donors (Lipinski definition) is 2. The average molecular weight is 279 g/mol. The molecule has 2 aromatic rings. The van der Waals surface area contributed by atoms with Crippen molar-refractivity contribution in [3.8, 4) is 0 Å². The molecule has 1 unspecified atom stereocenters. The number of hydrazine groups is 1. The van der Waals surface area contributed by atoms with Gasteiger partial charge in [-0.25, -0.2) is 5.43 Å². The van der Waals surface area contributed by atoms with Gasteiger partial charge in [-0.15, -0.1) is 0 Å². The Bertz CT molecular complexity index is 550. The summed E-state index contributed by atoms with van der Waals surface area (Å²) in [5, 5.41) is 5.25. The molecule has 0 saturated heterocycles. The van der Waals surface area contributed by atoms with Gasteiger partial charge in [0.2, 0.25) is 0 Å². The van der Waals surface area contributed by atoms with Gasteiger partial charge in [-0.1, -0.05) is 36.7 Å². The molecule has 0 bridgehead atoms. The predicted molar refractivity (Wildman–Crippen MR) is 77.9 cm³/mol. The number of benzene rings is 1. The fourth-order valence-electron chi connectivity index (χ4n) is 2.19. The molecule has 1 atom stereocenters. The monoisotopic (exact) mass is 278 g/mol. The maximum absolute atomic E-state index is 6.26. The van der Waals surface area contributed by atoms with Crippen LogP contribution in [-0.4, -0.2) is 9.78 Å². The van der Waals surface area contributed by atoms with Crippen LogP contribution in [0.1, 0.15) is 36.8 Å². The van der Waals surface area contributed by atoms with Crippen molar-refractivity contribution in [2.75, 3.05) is 0 Å². The third kappa shape index (κ3) is 2.81.